The molecule has 0 spiro atoms. The first-order valence-corrected chi connectivity index (χ1v) is 20.6. The number of fused-ring (bicyclic) bond motifs is 7. The van der Waals surface area contributed by atoms with Crippen molar-refractivity contribution in [3.8, 4) is 44.5 Å². The molecule has 57 heavy (non-hydrogen) atoms. The van der Waals surface area contributed by atoms with Crippen LogP contribution in [-0.4, -0.2) is 0 Å². The number of hydrogen-bond acceptors (Lipinski definition) is 2. The fraction of sp³-hybridized carbons (Fsp3) is 0.0545. The molecule has 2 heteroatoms. The minimum Gasteiger partial charge on any atom is -0.310 e. The van der Waals surface area contributed by atoms with E-state index >= 15 is 0 Å². The number of benzene rings is 9. The minimum absolute atomic E-state index is 0.184. The zero-order valence-electron chi connectivity index (χ0n) is 31.9. The highest BCUT2D eigenvalue weighted by Crippen LogP contribution is 2.52. The average molecular weight is 746 g/mol. The molecule has 0 aliphatic heterocycles. The topological polar surface area (TPSA) is 3.24 Å². The van der Waals surface area contributed by atoms with Gasteiger partial charge in [-0.05, 0) is 127 Å². The van der Waals surface area contributed by atoms with Crippen molar-refractivity contribution >= 4 is 59.3 Å². The lowest BCUT2D eigenvalue weighted by Crippen LogP contribution is -2.16. The molecule has 0 bridgehead atoms. The van der Waals surface area contributed by atoms with E-state index in [1.807, 2.05) is 11.3 Å². The highest BCUT2D eigenvalue weighted by molar-refractivity contribution is 7.25. The quantitative estimate of drug-likeness (QED) is 0.164. The van der Waals surface area contributed by atoms with E-state index in [2.05, 4.69) is 219 Å². The molecule has 0 fully saturated rings. The summed E-state index contributed by atoms with van der Waals surface area (Å²) in [6.45, 7) is 4.78. The zero-order valence-corrected chi connectivity index (χ0v) is 32.7. The van der Waals surface area contributed by atoms with Gasteiger partial charge in [0.15, 0.2) is 0 Å². The van der Waals surface area contributed by atoms with Crippen LogP contribution in [0, 0.1) is 0 Å². The summed E-state index contributed by atoms with van der Waals surface area (Å²) < 4.78 is 2.68. The summed E-state index contributed by atoms with van der Waals surface area (Å²) in [6.07, 6.45) is 0. The van der Waals surface area contributed by atoms with E-state index in [1.54, 1.807) is 0 Å². The molecule has 1 heterocycles. The normalized spacial score (nSPS) is 12.9. The highest BCUT2D eigenvalue weighted by Gasteiger charge is 2.36. The predicted octanol–water partition coefficient (Wildman–Crippen LogP) is 16.0. The van der Waals surface area contributed by atoms with E-state index < -0.39 is 0 Å². The predicted molar refractivity (Wildman–Crippen MR) is 245 cm³/mol. The molecule has 10 aromatic rings. The van der Waals surface area contributed by atoms with E-state index in [-0.39, 0.29) is 5.41 Å². The van der Waals surface area contributed by atoms with Gasteiger partial charge in [0.2, 0.25) is 0 Å². The number of anilines is 3. The van der Waals surface area contributed by atoms with Crippen molar-refractivity contribution < 1.29 is 0 Å². The second-order valence-corrected chi connectivity index (χ2v) is 16.8. The highest BCUT2D eigenvalue weighted by atomic mass is 32.1. The minimum atomic E-state index is -0.184. The number of thiophene rings is 1. The molecule has 11 rings (SSSR count). The lowest BCUT2D eigenvalue weighted by molar-refractivity contribution is 0.660. The molecule has 1 aliphatic rings. The van der Waals surface area contributed by atoms with Gasteiger partial charge in [-0.2, -0.15) is 0 Å². The number of rotatable bonds is 6. The second-order valence-electron chi connectivity index (χ2n) is 15.7. The van der Waals surface area contributed by atoms with Crippen molar-refractivity contribution in [2.24, 2.45) is 0 Å². The summed E-state index contributed by atoms with van der Waals surface area (Å²) >= 11 is 1.87. The Balaban J connectivity index is 0.994. The molecule has 0 unspecified atom stereocenters. The van der Waals surface area contributed by atoms with Crippen LogP contribution in [0.25, 0.3) is 75.5 Å². The Morgan fingerprint density at radius 3 is 1.68 bits per heavy atom. The Labute approximate surface area is 337 Å². The third kappa shape index (κ3) is 5.59. The van der Waals surface area contributed by atoms with Crippen LogP contribution in [0.1, 0.15) is 25.0 Å². The molecule has 1 nitrogen and oxygen atoms in total. The van der Waals surface area contributed by atoms with E-state index in [0.717, 1.165) is 17.1 Å². The lowest BCUT2D eigenvalue weighted by Gasteiger charge is -2.28. The monoisotopic (exact) mass is 745 g/mol. The molecule has 1 aromatic heterocycles. The Hall–Kier alpha value is -6.74. The molecule has 270 valence electrons. The van der Waals surface area contributed by atoms with E-state index in [4.69, 9.17) is 0 Å². The second kappa shape index (κ2) is 13.2. The molecule has 9 aromatic carbocycles. The fourth-order valence-electron chi connectivity index (χ4n) is 9.10. The number of hydrogen-bond donors (Lipinski definition) is 0. The smallest absolute Gasteiger partial charge is 0.0465 e. The van der Waals surface area contributed by atoms with Gasteiger partial charge in [0.25, 0.3) is 0 Å². The molecule has 0 amide bonds. The van der Waals surface area contributed by atoms with Crippen LogP contribution in [0.4, 0.5) is 17.1 Å². The third-order valence-corrected chi connectivity index (χ3v) is 13.2. The first-order valence-electron chi connectivity index (χ1n) is 19.7. The average Bonchev–Trinajstić information content (AvgIpc) is 3.75. The Morgan fingerprint density at radius 2 is 0.895 bits per heavy atom. The van der Waals surface area contributed by atoms with Crippen LogP contribution in [-0.2, 0) is 5.41 Å². The molecule has 0 N–H and O–H groups in total. The molecular formula is C55H39NS. The molecule has 0 radical (unpaired) electrons. The molecule has 0 atom stereocenters. The van der Waals surface area contributed by atoms with Crippen LogP contribution in [0.15, 0.2) is 200 Å². The van der Waals surface area contributed by atoms with Crippen LogP contribution in [0.2, 0.25) is 0 Å². The van der Waals surface area contributed by atoms with Crippen molar-refractivity contribution in [2.45, 2.75) is 19.3 Å². The van der Waals surface area contributed by atoms with Gasteiger partial charge in [0.05, 0.1) is 0 Å². The Kier molecular flexibility index (Phi) is 7.77. The maximum Gasteiger partial charge on any atom is 0.0465 e. The summed E-state index contributed by atoms with van der Waals surface area (Å²) in [5.74, 6) is 0. The molecule has 0 saturated heterocycles. The SMILES string of the molecule is CC1(C)c2cc(-c3ccc4sc5ccccc5c4c3)ccc2-c2ccc(N(c3ccc(-c4ccccc4)cc3)c3ccc(-c4cccc5ccccc45)cc3)cc21. The van der Waals surface area contributed by atoms with Crippen LogP contribution in [0.5, 0.6) is 0 Å². The van der Waals surface area contributed by atoms with E-state index in [0.29, 0.717) is 0 Å². The van der Waals surface area contributed by atoms with Crippen molar-refractivity contribution in [2.75, 3.05) is 4.90 Å². The summed E-state index contributed by atoms with van der Waals surface area (Å²) in [6, 6.07) is 73.8. The fourth-order valence-corrected chi connectivity index (χ4v) is 10.2. The van der Waals surface area contributed by atoms with Gasteiger partial charge in [-0.1, -0.05) is 153 Å². The summed E-state index contributed by atoms with van der Waals surface area (Å²) in [5, 5.41) is 5.20. The number of nitrogens with zero attached hydrogens (tertiary/aromatic N) is 1. The first kappa shape index (κ1) is 33.6. The van der Waals surface area contributed by atoms with Gasteiger partial charge in [-0.25, -0.2) is 0 Å². The van der Waals surface area contributed by atoms with Crippen molar-refractivity contribution in [1.82, 2.24) is 0 Å². The van der Waals surface area contributed by atoms with Gasteiger partial charge in [0.1, 0.15) is 0 Å². The van der Waals surface area contributed by atoms with Crippen molar-refractivity contribution in [3.05, 3.63) is 211 Å². The van der Waals surface area contributed by atoms with E-state index in [1.165, 1.54) is 86.6 Å². The molecule has 0 saturated carbocycles. The summed E-state index contributed by atoms with van der Waals surface area (Å²) in [5.41, 5.74) is 16.0. The van der Waals surface area contributed by atoms with Crippen LogP contribution in [0.3, 0.4) is 0 Å². The maximum atomic E-state index is 2.44. The van der Waals surface area contributed by atoms with Crippen molar-refractivity contribution in [1.29, 1.82) is 0 Å². The van der Waals surface area contributed by atoms with Crippen molar-refractivity contribution in [3.63, 3.8) is 0 Å². The van der Waals surface area contributed by atoms with Gasteiger partial charge < -0.3 is 4.90 Å². The van der Waals surface area contributed by atoms with Gasteiger partial charge >= 0.3 is 0 Å². The van der Waals surface area contributed by atoms with Gasteiger partial charge in [0, 0.05) is 42.6 Å². The lowest BCUT2D eigenvalue weighted by atomic mass is 9.81. The van der Waals surface area contributed by atoms with E-state index in [9.17, 15) is 0 Å². The Bertz CT molecular complexity index is 3130. The maximum absolute atomic E-state index is 2.44. The summed E-state index contributed by atoms with van der Waals surface area (Å²) in [7, 11) is 0. The largest absolute Gasteiger partial charge is 0.310 e. The molecule has 1 aliphatic carbocycles. The molecular weight excluding hydrogens is 707 g/mol. The standard InChI is InChI=1S/C55H39NS/c1-55(2)51-34-41(40-24-32-54-50(33-40)49-16-8-9-18-53(49)57-54)23-30-47(51)48-31-29-44(35-52(48)55)56(42-25-19-37(20-26-42)36-11-4-3-5-12-36)43-27-21-39(22-28-43)46-17-10-14-38-13-6-7-15-45(38)46/h3-35H,1-2H3. The van der Waals surface area contributed by atoms with Gasteiger partial charge in [-0.15, -0.1) is 11.3 Å². The Morgan fingerprint density at radius 1 is 0.351 bits per heavy atom. The first-order chi connectivity index (χ1) is 28.0. The van der Waals surface area contributed by atoms with Crippen LogP contribution >= 0.6 is 11.3 Å². The summed E-state index contributed by atoms with van der Waals surface area (Å²) in [4.78, 5) is 2.41. The van der Waals surface area contributed by atoms with Crippen LogP contribution < -0.4 is 4.90 Å². The zero-order chi connectivity index (χ0) is 38.1. The van der Waals surface area contributed by atoms with Gasteiger partial charge in [-0.3, -0.25) is 0 Å². The third-order valence-electron chi connectivity index (χ3n) is 12.1.